The van der Waals surface area contributed by atoms with Crippen LogP contribution in [0.1, 0.15) is 13.3 Å². The summed E-state index contributed by atoms with van der Waals surface area (Å²) < 4.78 is 15.8. The average Bonchev–Trinajstić information content (AvgIpc) is 3.21. The molecule has 1 aliphatic rings. The van der Waals surface area contributed by atoms with E-state index in [9.17, 15) is 24.5 Å². The number of nitro benzene ring substituents is 1. The summed E-state index contributed by atoms with van der Waals surface area (Å²) in [6, 6.07) is 8.52. The van der Waals surface area contributed by atoms with Crippen LogP contribution in [-0.4, -0.2) is 49.6 Å². The van der Waals surface area contributed by atoms with Crippen molar-refractivity contribution in [2.45, 2.75) is 19.4 Å². The van der Waals surface area contributed by atoms with E-state index in [0.29, 0.717) is 17.2 Å². The minimum Gasteiger partial charge on any atom is -0.497 e. The topological polar surface area (TPSA) is 137 Å². The van der Waals surface area contributed by atoms with E-state index in [0.717, 1.165) is 6.07 Å². The molecule has 0 unspecified atom stereocenters. The fourth-order valence-corrected chi connectivity index (χ4v) is 3.61. The maximum absolute atomic E-state index is 12.6. The van der Waals surface area contributed by atoms with Crippen molar-refractivity contribution in [2.24, 2.45) is 5.92 Å². The van der Waals surface area contributed by atoms with E-state index in [1.54, 1.807) is 18.2 Å². The summed E-state index contributed by atoms with van der Waals surface area (Å²) in [5.41, 5.74) is 0.391. The number of carbonyl (C=O) groups is 3. The lowest BCUT2D eigenvalue weighted by Gasteiger charge is -2.20. The molecule has 2 amide bonds. The third-order valence-electron chi connectivity index (χ3n) is 5.22. The highest BCUT2D eigenvalue weighted by Gasteiger charge is 2.38. The number of hydrogen-bond acceptors (Lipinski definition) is 8. The molecule has 0 saturated carbocycles. The summed E-state index contributed by atoms with van der Waals surface area (Å²) >= 11 is 5.98. The quantitative estimate of drug-likeness (QED) is 0.337. The Kier molecular flexibility index (Phi) is 7.57. The number of halogens is 1. The summed E-state index contributed by atoms with van der Waals surface area (Å²) in [7, 11) is 2.97. The molecule has 0 aromatic heterocycles. The van der Waals surface area contributed by atoms with Crippen molar-refractivity contribution in [1.29, 1.82) is 0 Å². The van der Waals surface area contributed by atoms with E-state index in [4.69, 9.17) is 25.8 Å². The highest BCUT2D eigenvalue weighted by molar-refractivity contribution is 6.34. The largest absolute Gasteiger partial charge is 0.497 e. The van der Waals surface area contributed by atoms with Crippen LogP contribution in [0.4, 0.5) is 17.1 Å². The Morgan fingerprint density at radius 1 is 1.21 bits per heavy atom. The Labute approximate surface area is 199 Å². The van der Waals surface area contributed by atoms with E-state index in [-0.39, 0.29) is 35.3 Å². The molecule has 34 heavy (non-hydrogen) atoms. The van der Waals surface area contributed by atoms with Crippen LogP contribution in [-0.2, 0) is 19.1 Å². The third kappa shape index (κ3) is 5.37. The smallest absolute Gasteiger partial charge is 0.312 e. The van der Waals surface area contributed by atoms with Crippen LogP contribution in [0.25, 0.3) is 0 Å². The van der Waals surface area contributed by atoms with E-state index in [1.807, 2.05) is 0 Å². The van der Waals surface area contributed by atoms with Crippen molar-refractivity contribution in [2.75, 3.05) is 31.0 Å². The number of hydrogen-bond donors (Lipinski definition) is 1. The van der Waals surface area contributed by atoms with Gasteiger partial charge in [-0.3, -0.25) is 24.5 Å². The van der Waals surface area contributed by atoms with Gasteiger partial charge in [0.2, 0.25) is 5.91 Å². The van der Waals surface area contributed by atoms with Crippen molar-refractivity contribution < 1.29 is 33.5 Å². The number of esters is 1. The molecule has 12 heteroatoms. The lowest BCUT2D eigenvalue weighted by Crippen LogP contribution is -2.33. The molecule has 2 aromatic carbocycles. The Morgan fingerprint density at radius 2 is 1.94 bits per heavy atom. The van der Waals surface area contributed by atoms with Gasteiger partial charge >= 0.3 is 5.97 Å². The summed E-state index contributed by atoms with van der Waals surface area (Å²) in [5, 5.41) is 13.2. The second kappa shape index (κ2) is 10.4. The molecule has 1 aliphatic heterocycles. The number of methoxy groups -OCH3 is 2. The molecule has 2 atom stereocenters. The summed E-state index contributed by atoms with van der Waals surface area (Å²) in [6.45, 7) is 1.43. The Bertz CT molecular complexity index is 1140. The van der Waals surface area contributed by atoms with Crippen LogP contribution < -0.4 is 19.7 Å². The first-order chi connectivity index (χ1) is 16.1. The molecule has 1 N–H and O–H groups in total. The van der Waals surface area contributed by atoms with Crippen molar-refractivity contribution >= 4 is 46.4 Å². The zero-order chi connectivity index (χ0) is 25.0. The number of nitrogens with zero attached hydrogens (tertiary/aromatic N) is 2. The first-order valence-electron chi connectivity index (χ1n) is 10.1. The molecule has 0 radical (unpaired) electrons. The Balaban J connectivity index is 1.63. The maximum Gasteiger partial charge on any atom is 0.312 e. The average molecular weight is 492 g/mol. The molecule has 2 aromatic rings. The normalized spacial score (nSPS) is 16.1. The third-order valence-corrected chi connectivity index (χ3v) is 5.53. The van der Waals surface area contributed by atoms with E-state index < -0.39 is 28.8 Å². The van der Waals surface area contributed by atoms with Gasteiger partial charge in [0.15, 0.2) is 6.10 Å². The van der Waals surface area contributed by atoms with Gasteiger partial charge in [-0.1, -0.05) is 11.6 Å². The molecule has 0 aliphatic carbocycles. The van der Waals surface area contributed by atoms with Crippen LogP contribution in [0.2, 0.25) is 5.02 Å². The minimum absolute atomic E-state index is 0.0356. The first-order valence-corrected chi connectivity index (χ1v) is 10.5. The molecule has 1 fully saturated rings. The van der Waals surface area contributed by atoms with Crippen molar-refractivity contribution in [3.8, 4) is 11.5 Å². The van der Waals surface area contributed by atoms with Crippen LogP contribution in [0, 0.1) is 16.0 Å². The molecule has 180 valence electrons. The van der Waals surface area contributed by atoms with E-state index in [2.05, 4.69) is 5.32 Å². The van der Waals surface area contributed by atoms with Gasteiger partial charge < -0.3 is 24.4 Å². The van der Waals surface area contributed by atoms with Crippen molar-refractivity contribution in [1.82, 2.24) is 0 Å². The summed E-state index contributed by atoms with van der Waals surface area (Å²) in [6.07, 6.45) is -1.28. The molecule has 0 bridgehead atoms. The van der Waals surface area contributed by atoms with Gasteiger partial charge in [-0.2, -0.15) is 0 Å². The lowest BCUT2D eigenvalue weighted by atomic mass is 10.1. The van der Waals surface area contributed by atoms with Crippen LogP contribution in [0.3, 0.4) is 0 Å². The van der Waals surface area contributed by atoms with Crippen molar-refractivity contribution in [3.05, 3.63) is 51.5 Å². The predicted octanol–water partition coefficient (Wildman–Crippen LogP) is 3.19. The molecule has 11 nitrogen and oxygen atoms in total. The number of amides is 2. The van der Waals surface area contributed by atoms with Crippen LogP contribution in [0.15, 0.2) is 36.4 Å². The zero-order valence-corrected chi connectivity index (χ0v) is 19.3. The number of nitro groups is 1. The monoisotopic (exact) mass is 491 g/mol. The first kappa shape index (κ1) is 24.8. The van der Waals surface area contributed by atoms with Gasteiger partial charge in [0.05, 0.1) is 41.5 Å². The molecular weight excluding hydrogens is 470 g/mol. The Morgan fingerprint density at radius 3 is 2.56 bits per heavy atom. The summed E-state index contributed by atoms with van der Waals surface area (Å²) in [5.74, 6) is -1.49. The number of ether oxygens (including phenoxy) is 3. The fraction of sp³-hybridized carbons (Fsp3) is 0.318. The Hall–Kier alpha value is -3.86. The number of rotatable bonds is 8. The van der Waals surface area contributed by atoms with Gasteiger partial charge in [-0.15, -0.1) is 0 Å². The van der Waals surface area contributed by atoms with Gasteiger partial charge in [-0.05, 0) is 25.1 Å². The molecule has 1 heterocycles. The van der Waals surface area contributed by atoms with E-state index >= 15 is 0 Å². The molecule has 0 spiro atoms. The van der Waals surface area contributed by atoms with E-state index in [1.165, 1.54) is 38.2 Å². The SMILES string of the molecule is COc1ccc(N2C[C@H](C(=O)O[C@@H](C)C(=O)Nc3ccc([N+](=O)[O-])cc3Cl)CC2=O)c(OC)c1. The highest BCUT2D eigenvalue weighted by Crippen LogP contribution is 2.36. The minimum atomic E-state index is -1.20. The van der Waals surface area contributed by atoms with Crippen LogP contribution in [0.5, 0.6) is 11.5 Å². The lowest BCUT2D eigenvalue weighted by molar-refractivity contribution is -0.384. The fourth-order valence-electron chi connectivity index (χ4n) is 3.38. The van der Waals surface area contributed by atoms with Gasteiger partial charge in [0.1, 0.15) is 11.5 Å². The number of nitrogens with one attached hydrogen (secondary N) is 1. The highest BCUT2D eigenvalue weighted by atomic mass is 35.5. The number of carbonyl (C=O) groups excluding carboxylic acids is 3. The molecular formula is C22H22ClN3O8. The summed E-state index contributed by atoms with van der Waals surface area (Å²) in [4.78, 5) is 49.3. The maximum atomic E-state index is 12.6. The zero-order valence-electron chi connectivity index (χ0n) is 18.6. The predicted molar refractivity (Wildman–Crippen MR) is 122 cm³/mol. The van der Waals surface area contributed by atoms with Gasteiger partial charge in [0.25, 0.3) is 11.6 Å². The number of benzene rings is 2. The van der Waals surface area contributed by atoms with Gasteiger partial charge in [0, 0.05) is 31.2 Å². The standard InChI is InChI=1S/C22H22ClN3O8/c1-12(21(28)24-17-6-4-14(26(30)31)9-16(17)23)34-22(29)13-8-20(27)25(11-13)18-7-5-15(32-2)10-19(18)33-3/h4-7,9-10,12-13H,8,11H2,1-3H3,(H,24,28)/t12-,13+/m0/s1. The van der Waals surface area contributed by atoms with Gasteiger partial charge in [-0.25, -0.2) is 0 Å². The van der Waals surface area contributed by atoms with Crippen molar-refractivity contribution in [3.63, 3.8) is 0 Å². The number of non-ortho nitro benzene ring substituents is 1. The molecule has 1 saturated heterocycles. The molecule has 3 rings (SSSR count). The van der Waals surface area contributed by atoms with Crippen LogP contribution >= 0.6 is 11.6 Å². The second-order valence-electron chi connectivity index (χ2n) is 7.43. The number of anilines is 2. The second-order valence-corrected chi connectivity index (χ2v) is 7.84.